The van der Waals surface area contributed by atoms with Gasteiger partial charge in [0.25, 0.3) is 0 Å². The van der Waals surface area contributed by atoms with E-state index in [0.29, 0.717) is 30.8 Å². The second-order valence-electron chi connectivity index (χ2n) is 3.36. The standard InChI is InChI=1S/C12H15FO3/c1-15-7-3-4-11(14)10-8-9(13)5-6-12(10)16-2/h5-6,8H,3-4,7H2,1-2H3. The number of benzene rings is 1. The van der Waals surface area contributed by atoms with Gasteiger partial charge in [0.15, 0.2) is 5.78 Å². The van der Waals surface area contributed by atoms with Gasteiger partial charge < -0.3 is 9.47 Å². The van der Waals surface area contributed by atoms with Crippen LogP contribution in [0.25, 0.3) is 0 Å². The van der Waals surface area contributed by atoms with Crippen molar-refractivity contribution in [3.05, 3.63) is 29.6 Å². The van der Waals surface area contributed by atoms with Crippen LogP contribution >= 0.6 is 0 Å². The summed E-state index contributed by atoms with van der Waals surface area (Å²) in [4.78, 5) is 11.7. The fourth-order valence-electron chi connectivity index (χ4n) is 1.41. The summed E-state index contributed by atoms with van der Waals surface area (Å²) >= 11 is 0. The second kappa shape index (κ2) is 6.23. The SMILES string of the molecule is COCCCC(=O)c1cc(F)ccc1OC. The molecule has 1 aromatic rings. The van der Waals surface area contributed by atoms with Crippen molar-refractivity contribution < 1.29 is 18.7 Å². The van der Waals surface area contributed by atoms with E-state index >= 15 is 0 Å². The summed E-state index contributed by atoms with van der Waals surface area (Å²) in [6.07, 6.45) is 0.947. The molecule has 0 aliphatic carbocycles. The van der Waals surface area contributed by atoms with Crippen LogP contribution in [0.15, 0.2) is 18.2 Å². The van der Waals surface area contributed by atoms with Gasteiger partial charge in [-0.15, -0.1) is 0 Å². The van der Waals surface area contributed by atoms with Gasteiger partial charge in [-0.2, -0.15) is 0 Å². The monoisotopic (exact) mass is 226 g/mol. The molecule has 0 saturated carbocycles. The van der Waals surface area contributed by atoms with Crippen LogP contribution in [0.5, 0.6) is 5.75 Å². The van der Waals surface area contributed by atoms with Crippen molar-refractivity contribution in [1.82, 2.24) is 0 Å². The molecule has 0 aliphatic rings. The molecule has 0 heterocycles. The Kier molecular flexibility index (Phi) is 4.92. The Labute approximate surface area is 94.2 Å². The minimum absolute atomic E-state index is 0.131. The summed E-state index contributed by atoms with van der Waals surface area (Å²) in [5, 5.41) is 0. The Morgan fingerprint density at radius 2 is 2.12 bits per heavy atom. The lowest BCUT2D eigenvalue weighted by Crippen LogP contribution is -2.04. The van der Waals surface area contributed by atoms with E-state index in [1.165, 1.54) is 25.3 Å². The van der Waals surface area contributed by atoms with Crippen LogP contribution < -0.4 is 4.74 Å². The largest absolute Gasteiger partial charge is 0.496 e. The van der Waals surface area contributed by atoms with E-state index in [-0.39, 0.29) is 5.78 Å². The summed E-state index contributed by atoms with van der Waals surface area (Å²) in [6.45, 7) is 0.517. The highest BCUT2D eigenvalue weighted by Gasteiger charge is 2.12. The van der Waals surface area contributed by atoms with Gasteiger partial charge in [-0.3, -0.25) is 4.79 Å². The molecule has 0 atom stereocenters. The molecule has 0 bridgehead atoms. The molecular weight excluding hydrogens is 211 g/mol. The predicted octanol–water partition coefficient (Wildman–Crippen LogP) is 2.44. The summed E-state index contributed by atoms with van der Waals surface area (Å²) in [6, 6.07) is 3.93. The summed E-state index contributed by atoms with van der Waals surface area (Å²) in [7, 11) is 3.03. The number of carbonyl (C=O) groups is 1. The van der Waals surface area contributed by atoms with Crippen molar-refractivity contribution in [2.45, 2.75) is 12.8 Å². The fraction of sp³-hybridized carbons (Fsp3) is 0.417. The van der Waals surface area contributed by atoms with E-state index in [2.05, 4.69) is 0 Å². The normalized spacial score (nSPS) is 10.2. The van der Waals surface area contributed by atoms with Crippen molar-refractivity contribution in [1.29, 1.82) is 0 Å². The number of hydrogen-bond acceptors (Lipinski definition) is 3. The zero-order valence-electron chi connectivity index (χ0n) is 9.46. The number of ketones is 1. The number of Topliss-reactive ketones (excluding diaryl/α,β-unsaturated/α-hetero) is 1. The van der Waals surface area contributed by atoms with Gasteiger partial charge in [0.05, 0.1) is 12.7 Å². The van der Waals surface area contributed by atoms with Crippen molar-refractivity contribution >= 4 is 5.78 Å². The number of carbonyl (C=O) groups excluding carboxylic acids is 1. The van der Waals surface area contributed by atoms with E-state index < -0.39 is 5.82 Å². The highest BCUT2D eigenvalue weighted by molar-refractivity contribution is 5.98. The lowest BCUT2D eigenvalue weighted by Gasteiger charge is -2.07. The van der Waals surface area contributed by atoms with Gasteiger partial charge in [0, 0.05) is 20.1 Å². The number of rotatable bonds is 6. The first-order chi connectivity index (χ1) is 7.69. The molecule has 0 N–H and O–H groups in total. The highest BCUT2D eigenvalue weighted by atomic mass is 19.1. The molecule has 0 aromatic heterocycles. The van der Waals surface area contributed by atoms with Crippen molar-refractivity contribution in [3.63, 3.8) is 0 Å². The molecule has 0 saturated heterocycles. The summed E-state index contributed by atoms with van der Waals surface area (Å²) < 4.78 is 22.9. The minimum atomic E-state index is -0.434. The molecule has 0 amide bonds. The third-order valence-corrected chi connectivity index (χ3v) is 2.21. The zero-order chi connectivity index (χ0) is 12.0. The Morgan fingerprint density at radius 1 is 1.38 bits per heavy atom. The summed E-state index contributed by atoms with van der Waals surface area (Å²) in [5.41, 5.74) is 0.290. The Morgan fingerprint density at radius 3 is 2.75 bits per heavy atom. The number of hydrogen-bond donors (Lipinski definition) is 0. The van der Waals surface area contributed by atoms with Gasteiger partial charge in [-0.25, -0.2) is 4.39 Å². The highest BCUT2D eigenvalue weighted by Crippen LogP contribution is 2.21. The molecule has 3 nitrogen and oxygen atoms in total. The minimum Gasteiger partial charge on any atom is -0.496 e. The van der Waals surface area contributed by atoms with Crippen LogP contribution in [0.3, 0.4) is 0 Å². The average Bonchev–Trinajstić information content (AvgIpc) is 2.29. The predicted molar refractivity (Wildman–Crippen MR) is 58.4 cm³/mol. The van der Waals surface area contributed by atoms with Crippen molar-refractivity contribution in [2.75, 3.05) is 20.8 Å². The quantitative estimate of drug-likeness (QED) is 0.552. The van der Waals surface area contributed by atoms with Crippen LogP contribution in [0, 0.1) is 5.82 Å². The Bertz CT molecular complexity index is 363. The molecular formula is C12H15FO3. The van der Waals surface area contributed by atoms with Crippen molar-refractivity contribution in [2.24, 2.45) is 0 Å². The molecule has 16 heavy (non-hydrogen) atoms. The molecule has 0 radical (unpaired) electrons. The lowest BCUT2D eigenvalue weighted by atomic mass is 10.1. The first-order valence-corrected chi connectivity index (χ1v) is 5.04. The van der Waals surface area contributed by atoms with E-state index in [4.69, 9.17) is 9.47 Å². The fourth-order valence-corrected chi connectivity index (χ4v) is 1.41. The smallest absolute Gasteiger partial charge is 0.166 e. The van der Waals surface area contributed by atoms with Crippen LogP contribution in [0.4, 0.5) is 4.39 Å². The maximum Gasteiger partial charge on any atom is 0.166 e. The molecule has 0 unspecified atom stereocenters. The maximum atomic E-state index is 13.0. The third-order valence-electron chi connectivity index (χ3n) is 2.21. The number of methoxy groups -OCH3 is 2. The van der Waals surface area contributed by atoms with E-state index in [1.807, 2.05) is 0 Å². The first-order valence-electron chi connectivity index (χ1n) is 5.04. The molecule has 1 aromatic carbocycles. The van der Waals surface area contributed by atoms with Crippen molar-refractivity contribution in [3.8, 4) is 5.75 Å². The van der Waals surface area contributed by atoms with Crippen LogP contribution in [0.1, 0.15) is 23.2 Å². The van der Waals surface area contributed by atoms with Gasteiger partial charge >= 0.3 is 0 Å². The zero-order valence-corrected chi connectivity index (χ0v) is 9.46. The van der Waals surface area contributed by atoms with Crippen LogP contribution in [-0.2, 0) is 4.74 Å². The molecule has 4 heteroatoms. The van der Waals surface area contributed by atoms with Crippen LogP contribution in [-0.4, -0.2) is 26.6 Å². The molecule has 0 spiro atoms. The third kappa shape index (κ3) is 3.31. The number of ether oxygens (including phenoxy) is 2. The Hall–Kier alpha value is -1.42. The van der Waals surface area contributed by atoms with Crippen LogP contribution in [0.2, 0.25) is 0 Å². The second-order valence-corrected chi connectivity index (χ2v) is 3.36. The first kappa shape index (κ1) is 12.6. The lowest BCUT2D eigenvalue weighted by molar-refractivity contribution is 0.0960. The number of halogens is 1. The molecule has 1 rings (SSSR count). The van der Waals surface area contributed by atoms with E-state index in [0.717, 1.165) is 0 Å². The van der Waals surface area contributed by atoms with Gasteiger partial charge in [0.2, 0.25) is 0 Å². The average molecular weight is 226 g/mol. The molecule has 0 fully saturated rings. The van der Waals surface area contributed by atoms with E-state index in [9.17, 15) is 9.18 Å². The maximum absolute atomic E-state index is 13.0. The van der Waals surface area contributed by atoms with Gasteiger partial charge in [-0.1, -0.05) is 0 Å². The molecule has 88 valence electrons. The van der Waals surface area contributed by atoms with Gasteiger partial charge in [0.1, 0.15) is 11.6 Å². The van der Waals surface area contributed by atoms with E-state index in [1.54, 1.807) is 7.11 Å². The summed E-state index contributed by atoms with van der Waals surface area (Å²) in [5.74, 6) is -0.159. The topological polar surface area (TPSA) is 35.5 Å². The molecule has 0 aliphatic heterocycles. The Balaban J connectivity index is 2.76. The van der Waals surface area contributed by atoms with Gasteiger partial charge in [-0.05, 0) is 24.6 Å².